The van der Waals surface area contributed by atoms with E-state index >= 15 is 0 Å². The lowest BCUT2D eigenvalue weighted by molar-refractivity contribution is 0.0265. The fraction of sp³-hybridized carbons (Fsp3) is 0.900. The zero-order chi connectivity index (χ0) is 15.9. The van der Waals surface area contributed by atoms with Crippen molar-refractivity contribution < 1.29 is 9.84 Å². The largest absolute Gasteiger partial charge is 0.364 e. The molecule has 1 aliphatic rings. The molecule has 0 radical (unpaired) electrons. The highest BCUT2D eigenvalue weighted by Crippen LogP contribution is 2.29. The first-order valence-corrected chi connectivity index (χ1v) is 9.78. The Morgan fingerprint density at radius 3 is 1.73 bits per heavy atom. The molecule has 1 atom stereocenters. The Balaban J connectivity index is 1.69. The molecule has 1 heterocycles. The van der Waals surface area contributed by atoms with E-state index in [9.17, 15) is 5.11 Å². The number of rotatable bonds is 16. The Morgan fingerprint density at radius 1 is 0.773 bits per heavy atom. The monoisotopic (exact) mass is 310 g/mol. The number of hydrogen-bond donors (Lipinski definition) is 1. The van der Waals surface area contributed by atoms with Gasteiger partial charge in [0.25, 0.3) is 0 Å². The van der Waals surface area contributed by atoms with Gasteiger partial charge in [-0.05, 0) is 32.1 Å². The fourth-order valence-corrected chi connectivity index (χ4v) is 2.88. The fourth-order valence-electron chi connectivity index (χ4n) is 2.88. The number of hydrogen-bond acceptors (Lipinski definition) is 2. The molecule has 1 saturated heterocycles. The second-order valence-corrected chi connectivity index (χ2v) is 6.92. The van der Waals surface area contributed by atoms with Gasteiger partial charge < -0.3 is 9.84 Å². The average molecular weight is 311 g/mol. The van der Waals surface area contributed by atoms with E-state index in [2.05, 4.69) is 19.1 Å². The molecule has 130 valence electrons. The first-order chi connectivity index (χ1) is 10.8. The summed E-state index contributed by atoms with van der Waals surface area (Å²) in [6, 6.07) is 0. The van der Waals surface area contributed by atoms with Crippen molar-refractivity contribution in [1.82, 2.24) is 0 Å². The van der Waals surface area contributed by atoms with Crippen LogP contribution in [0.5, 0.6) is 0 Å². The van der Waals surface area contributed by atoms with Crippen LogP contribution in [0, 0.1) is 0 Å². The first kappa shape index (κ1) is 19.7. The molecule has 0 aromatic rings. The van der Waals surface area contributed by atoms with Crippen molar-refractivity contribution in [3.05, 3.63) is 12.2 Å². The maximum Gasteiger partial charge on any atom is 0.189 e. The lowest BCUT2D eigenvalue weighted by Gasteiger charge is -2.03. The molecule has 0 aromatic heterocycles. The molecule has 1 fully saturated rings. The van der Waals surface area contributed by atoms with Gasteiger partial charge in [-0.1, -0.05) is 76.9 Å². The molecule has 2 heteroatoms. The van der Waals surface area contributed by atoms with Crippen molar-refractivity contribution in [2.75, 3.05) is 6.61 Å². The standard InChI is InChI=1S/C20H38O2/c1-2-3-4-5-6-7-8-9-10-11-12-13-14-15-16-17-18-20(21)19-22-20/h9-10,21H,2-8,11-19H2,1H3/b10-9-. The molecule has 22 heavy (non-hydrogen) atoms. The topological polar surface area (TPSA) is 32.8 Å². The molecule has 0 saturated carbocycles. The van der Waals surface area contributed by atoms with Gasteiger partial charge in [-0.25, -0.2) is 0 Å². The zero-order valence-electron chi connectivity index (χ0n) is 14.8. The molecule has 1 aliphatic heterocycles. The third kappa shape index (κ3) is 12.2. The molecule has 1 unspecified atom stereocenters. The number of epoxide rings is 1. The van der Waals surface area contributed by atoms with Crippen LogP contribution in [-0.2, 0) is 4.74 Å². The number of aliphatic hydroxyl groups is 1. The molecular formula is C20H38O2. The second-order valence-electron chi connectivity index (χ2n) is 6.92. The maximum absolute atomic E-state index is 9.51. The van der Waals surface area contributed by atoms with E-state index < -0.39 is 5.79 Å². The third-order valence-corrected chi connectivity index (χ3v) is 4.56. The minimum absolute atomic E-state index is 0.554. The Labute approximate surface area is 138 Å². The van der Waals surface area contributed by atoms with Crippen LogP contribution in [-0.4, -0.2) is 17.5 Å². The Bertz CT molecular complexity index is 269. The van der Waals surface area contributed by atoms with Gasteiger partial charge in [-0.3, -0.25) is 0 Å². The van der Waals surface area contributed by atoms with E-state index in [4.69, 9.17) is 4.74 Å². The lowest BCUT2D eigenvalue weighted by atomic mass is 10.1. The quantitative estimate of drug-likeness (QED) is 0.211. The van der Waals surface area contributed by atoms with E-state index in [-0.39, 0.29) is 0 Å². The minimum atomic E-state index is -0.721. The smallest absolute Gasteiger partial charge is 0.189 e. The van der Waals surface area contributed by atoms with Crippen molar-refractivity contribution in [1.29, 1.82) is 0 Å². The summed E-state index contributed by atoms with van der Waals surface area (Å²) in [5.41, 5.74) is 0. The summed E-state index contributed by atoms with van der Waals surface area (Å²) in [5.74, 6) is -0.721. The van der Waals surface area contributed by atoms with Crippen LogP contribution in [0.4, 0.5) is 0 Å². The van der Waals surface area contributed by atoms with Crippen LogP contribution < -0.4 is 0 Å². The summed E-state index contributed by atoms with van der Waals surface area (Å²) in [6.45, 7) is 2.83. The third-order valence-electron chi connectivity index (χ3n) is 4.56. The van der Waals surface area contributed by atoms with Crippen molar-refractivity contribution >= 4 is 0 Å². The van der Waals surface area contributed by atoms with Crippen molar-refractivity contribution in [3.63, 3.8) is 0 Å². The van der Waals surface area contributed by atoms with Gasteiger partial charge in [0.05, 0.1) is 0 Å². The van der Waals surface area contributed by atoms with Gasteiger partial charge in [0.15, 0.2) is 5.79 Å². The van der Waals surface area contributed by atoms with E-state index in [0.29, 0.717) is 6.61 Å². The van der Waals surface area contributed by atoms with Gasteiger partial charge in [0.1, 0.15) is 6.61 Å². The van der Waals surface area contributed by atoms with Gasteiger partial charge in [-0.15, -0.1) is 0 Å². The van der Waals surface area contributed by atoms with Crippen LogP contribution >= 0.6 is 0 Å². The van der Waals surface area contributed by atoms with E-state index in [1.807, 2.05) is 0 Å². The van der Waals surface area contributed by atoms with Crippen LogP contribution in [0.15, 0.2) is 12.2 Å². The molecule has 0 aromatic carbocycles. The molecule has 0 amide bonds. The molecule has 2 nitrogen and oxygen atoms in total. The highest BCUT2D eigenvalue weighted by molar-refractivity contribution is 4.81. The second kappa shape index (κ2) is 13.1. The van der Waals surface area contributed by atoms with Crippen molar-refractivity contribution in [3.8, 4) is 0 Å². The average Bonchev–Trinajstić information content (AvgIpc) is 3.25. The predicted molar refractivity (Wildman–Crippen MR) is 95.0 cm³/mol. The molecule has 0 bridgehead atoms. The molecule has 0 spiro atoms. The van der Waals surface area contributed by atoms with Gasteiger partial charge in [-0.2, -0.15) is 0 Å². The first-order valence-electron chi connectivity index (χ1n) is 9.78. The summed E-state index contributed by atoms with van der Waals surface area (Å²) >= 11 is 0. The maximum atomic E-state index is 9.51. The number of unbranched alkanes of at least 4 members (excludes halogenated alkanes) is 12. The van der Waals surface area contributed by atoms with Crippen LogP contribution in [0.3, 0.4) is 0 Å². The highest BCUT2D eigenvalue weighted by Gasteiger charge is 2.41. The lowest BCUT2D eigenvalue weighted by Crippen LogP contribution is -2.07. The van der Waals surface area contributed by atoms with E-state index in [0.717, 1.165) is 12.8 Å². The number of ether oxygens (including phenoxy) is 1. The predicted octanol–water partition coefficient (Wildman–Crippen LogP) is 6.13. The highest BCUT2D eigenvalue weighted by atomic mass is 16.7. The van der Waals surface area contributed by atoms with Crippen molar-refractivity contribution in [2.45, 2.75) is 109 Å². The van der Waals surface area contributed by atoms with E-state index in [1.165, 1.54) is 83.5 Å². The van der Waals surface area contributed by atoms with E-state index in [1.54, 1.807) is 0 Å². The van der Waals surface area contributed by atoms with Gasteiger partial charge >= 0.3 is 0 Å². The molecular weight excluding hydrogens is 272 g/mol. The summed E-state index contributed by atoms with van der Waals surface area (Å²) in [7, 11) is 0. The molecule has 0 aliphatic carbocycles. The molecule has 1 N–H and O–H groups in total. The van der Waals surface area contributed by atoms with Crippen LogP contribution in [0.25, 0.3) is 0 Å². The minimum Gasteiger partial charge on any atom is -0.364 e. The SMILES string of the molecule is CCCCCCCC/C=C\CCCCCCCCC1(O)CO1. The Morgan fingerprint density at radius 2 is 1.23 bits per heavy atom. The molecule has 1 rings (SSSR count). The normalized spacial score (nSPS) is 20.8. The summed E-state index contributed by atoms with van der Waals surface area (Å²) in [4.78, 5) is 0. The number of allylic oxidation sites excluding steroid dienone is 2. The van der Waals surface area contributed by atoms with Gasteiger partial charge in [0, 0.05) is 6.42 Å². The summed E-state index contributed by atoms with van der Waals surface area (Å²) in [5, 5.41) is 9.51. The summed E-state index contributed by atoms with van der Waals surface area (Å²) in [6.07, 6.45) is 24.2. The van der Waals surface area contributed by atoms with Crippen LogP contribution in [0.2, 0.25) is 0 Å². The Hall–Kier alpha value is -0.340. The summed E-state index contributed by atoms with van der Waals surface area (Å²) < 4.78 is 4.97. The van der Waals surface area contributed by atoms with Crippen LogP contribution in [0.1, 0.15) is 103 Å². The Kier molecular flexibility index (Phi) is 11.8. The van der Waals surface area contributed by atoms with Gasteiger partial charge in [0.2, 0.25) is 0 Å². The zero-order valence-corrected chi connectivity index (χ0v) is 14.8. The van der Waals surface area contributed by atoms with Crippen molar-refractivity contribution in [2.24, 2.45) is 0 Å².